The van der Waals surface area contributed by atoms with Gasteiger partial charge in [0.15, 0.2) is 0 Å². The molecule has 1 rings (SSSR count). The number of rotatable bonds is 5. The molecule has 1 aromatic rings. The number of Topliss-reactive ketones (excluding diaryl/α,β-unsaturated/α-hetero) is 1. The maximum absolute atomic E-state index is 11.8. The molecule has 0 atom stereocenters. The largest absolute Gasteiger partial charge is 0.469 e. The first-order valence-corrected chi connectivity index (χ1v) is 6.09. The van der Waals surface area contributed by atoms with E-state index in [0.717, 1.165) is 11.1 Å². The summed E-state index contributed by atoms with van der Waals surface area (Å²) in [5, 5.41) is 0. The third-order valence-electron chi connectivity index (χ3n) is 3.18. The summed E-state index contributed by atoms with van der Waals surface area (Å²) in [6, 6.07) is 4.15. The van der Waals surface area contributed by atoms with Gasteiger partial charge in [0.2, 0.25) is 0 Å². The van der Waals surface area contributed by atoms with Crippen molar-refractivity contribution in [1.82, 2.24) is 0 Å². The number of carbonyl (C=O) groups excluding carboxylic acids is 2. The lowest BCUT2D eigenvalue weighted by Crippen LogP contribution is -2.09. The fourth-order valence-electron chi connectivity index (χ4n) is 1.86. The Morgan fingerprint density at radius 1 is 1.00 bits per heavy atom. The summed E-state index contributed by atoms with van der Waals surface area (Å²) in [6.07, 6.45) is 0.808. The number of esters is 1. The fourth-order valence-corrected chi connectivity index (χ4v) is 1.86. The molecule has 98 valence electrons. The van der Waals surface area contributed by atoms with E-state index in [1.807, 2.05) is 13.8 Å². The molecule has 0 aliphatic rings. The zero-order chi connectivity index (χ0) is 13.7. The zero-order valence-electron chi connectivity index (χ0n) is 11.5. The standard InChI is InChI=1S/C15H20O3/c1-10-7-12(3)13(8-11(10)2)9-14(16)5-6-15(17)18-4/h7-8H,5-6,9H2,1-4H3. The van der Waals surface area contributed by atoms with Crippen molar-refractivity contribution in [3.8, 4) is 0 Å². The minimum absolute atomic E-state index is 0.0757. The molecule has 0 unspecified atom stereocenters. The van der Waals surface area contributed by atoms with Crippen molar-refractivity contribution < 1.29 is 14.3 Å². The second-order valence-corrected chi connectivity index (χ2v) is 4.65. The number of aryl methyl sites for hydroxylation is 3. The van der Waals surface area contributed by atoms with E-state index in [1.165, 1.54) is 18.2 Å². The van der Waals surface area contributed by atoms with Crippen molar-refractivity contribution >= 4 is 11.8 Å². The molecule has 3 nitrogen and oxygen atoms in total. The zero-order valence-corrected chi connectivity index (χ0v) is 11.5. The quantitative estimate of drug-likeness (QED) is 0.752. The molecule has 0 saturated heterocycles. The predicted molar refractivity (Wildman–Crippen MR) is 70.6 cm³/mol. The molecule has 0 aromatic heterocycles. The highest BCUT2D eigenvalue weighted by Gasteiger charge is 2.10. The van der Waals surface area contributed by atoms with E-state index in [2.05, 4.69) is 23.8 Å². The third kappa shape index (κ3) is 3.99. The van der Waals surface area contributed by atoms with Gasteiger partial charge in [-0.05, 0) is 43.0 Å². The predicted octanol–water partition coefficient (Wildman–Crippen LogP) is 2.68. The molecule has 18 heavy (non-hydrogen) atoms. The molecule has 0 amide bonds. The summed E-state index contributed by atoms with van der Waals surface area (Å²) in [5.74, 6) is -0.257. The lowest BCUT2D eigenvalue weighted by molar-refractivity contribution is -0.141. The minimum atomic E-state index is -0.333. The second-order valence-electron chi connectivity index (χ2n) is 4.65. The van der Waals surface area contributed by atoms with Crippen LogP contribution in [0.4, 0.5) is 0 Å². The van der Waals surface area contributed by atoms with Crippen LogP contribution < -0.4 is 0 Å². The van der Waals surface area contributed by atoms with Crippen LogP contribution in [-0.4, -0.2) is 18.9 Å². The number of methoxy groups -OCH3 is 1. The van der Waals surface area contributed by atoms with Gasteiger partial charge in [0.05, 0.1) is 13.5 Å². The van der Waals surface area contributed by atoms with E-state index < -0.39 is 0 Å². The Morgan fingerprint density at radius 2 is 1.61 bits per heavy atom. The number of benzene rings is 1. The third-order valence-corrected chi connectivity index (χ3v) is 3.18. The topological polar surface area (TPSA) is 43.4 Å². The smallest absolute Gasteiger partial charge is 0.305 e. The van der Waals surface area contributed by atoms with E-state index in [1.54, 1.807) is 0 Å². The summed E-state index contributed by atoms with van der Waals surface area (Å²) in [7, 11) is 1.33. The molecule has 1 aromatic carbocycles. The van der Waals surface area contributed by atoms with Gasteiger partial charge in [-0.25, -0.2) is 0 Å². The molecule has 0 heterocycles. The molecular weight excluding hydrogens is 228 g/mol. The van der Waals surface area contributed by atoms with Crippen molar-refractivity contribution in [2.45, 2.75) is 40.0 Å². The van der Waals surface area contributed by atoms with Crippen LogP contribution in [0.2, 0.25) is 0 Å². The molecule has 0 bridgehead atoms. The van der Waals surface area contributed by atoms with Crippen LogP contribution in [0.25, 0.3) is 0 Å². The normalized spacial score (nSPS) is 10.2. The Balaban J connectivity index is 2.65. The fraction of sp³-hybridized carbons (Fsp3) is 0.467. The highest BCUT2D eigenvalue weighted by atomic mass is 16.5. The van der Waals surface area contributed by atoms with Crippen molar-refractivity contribution in [3.63, 3.8) is 0 Å². The highest BCUT2D eigenvalue weighted by molar-refractivity contribution is 5.84. The summed E-state index contributed by atoms with van der Waals surface area (Å²) in [5.41, 5.74) is 4.60. The van der Waals surface area contributed by atoms with Gasteiger partial charge in [0.25, 0.3) is 0 Å². The van der Waals surface area contributed by atoms with Gasteiger partial charge in [0.1, 0.15) is 5.78 Å². The van der Waals surface area contributed by atoms with Gasteiger partial charge in [-0.3, -0.25) is 9.59 Å². The number of carbonyl (C=O) groups is 2. The first-order valence-electron chi connectivity index (χ1n) is 6.09. The minimum Gasteiger partial charge on any atom is -0.469 e. The lowest BCUT2D eigenvalue weighted by atomic mass is 9.96. The van der Waals surface area contributed by atoms with Gasteiger partial charge in [-0.1, -0.05) is 12.1 Å². The number of ether oxygens (including phenoxy) is 1. The van der Waals surface area contributed by atoms with Crippen molar-refractivity contribution in [2.24, 2.45) is 0 Å². The van der Waals surface area contributed by atoms with Crippen LogP contribution in [0.15, 0.2) is 12.1 Å². The van der Waals surface area contributed by atoms with Gasteiger partial charge >= 0.3 is 5.97 Å². The van der Waals surface area contributed by atoms with Crippen LogP contribution in [0.1, 0.15) is 35.1 Å². The lowest BCUT2D eigenvalue weighted by Gasteiger charge is -2.09. The second kappa shape index (κ2) is 6.34. The Hall–Kier alpha value is -1.64. The van der Waals surface area contributed by atoms with Crippen molar-refractivity contribution in [2.75, 3.05) is 7.11 Å². The van der Waals surface area contributed by atoms with Crippen LogP contribution in [0.3, 0.4) is 0 Å². The summed E-state index contributed by atoms with van der Waals surface area (Å²) < 4.78 is 4.52. The van der Waals surface area contributed by atoms with Crippen LogP contribution in [-0.2, 0) is 20.7 Å². The number of ketones is 1. The summed E-state index contributed by atoms with van der Waals surface area (Å²) in [6.45, 7) is 6.11. The molecule has 0 saturated carbocycles. The Bertz CT molecular complexity index is 461. The van der Waals surface area contributed by atoms with Gasteiger partial charge in [-0.15, -0.1) is 0 Å². The molecule has 0 aliphatic carbocycles. The Kier molecular flexibility index (Phi) is 5.08. The van der Waals surface area contributed by atoms with E-state index in [0.29, 0.717) is 6.42 Å². The van der Waals surface area contributed by atoms with E-state index in [9.17, 15) is 9.59 Å². The van der Waals surface area contributed by atoms with Crippen molar-refractivity contribution in [1.29, 1.82) is 0 Å². The first-order chi connectivity index (χ1) is 8.43. The molecule has 0 spiro atoms. The molecular formula is C15H20O3. The average molecular weight is 248 g/mol. The molecule has 3 heteroatoms. The maximum Gasteiger partial charge on any atom is 0.305 e. The summed E-state index contributed by atoms with van der Waals surface area (Å²) in [4.78, 5) is 22.7. The highest BCUT2D eigenvalue weighted by Crippen LogP contribution is 2.16. The molecule has 0 aliphatic heterocycles. The Morgan fingerprint density at radius 3 is 2.22 bits per heavy atom. The molecule has 0 N–H and O–H groups in total. The molecule has 0 radical (unpaired) electrons. The van der Waals surface area contributed by atoms with Gasteiger partial charge < -0.3 is 4.74 Å². The average Bonchev–Trinajstić information content (AvgIpc) is 2.33. The number of hydrogen-bond donors (Lipinski definition) is 0. The monoisotopic (exact) mass is 248 g/mol. The summed E-state index contributed by atoms with van der Waals surface area (Å²) >= 11 is 0. The first kappa shape index (κ1) is 14.4. The van der Waals surface area contributed by atoms with Crippen LogP contribution in [0, 0.1) is 20.8 Å². The molecule has 0 fully saturated rings. The van der Waals surface area contributed by atoms with Gasteiger partial charge in [-0.2, -0.15) is 0 Å². The van der Waals surface area contributed by atoms with Gasteiger partial charge in [0, 0.05) is 12.8 Å². The Labute approximate surface area is 108 Å². The van der Waals surface area contributed by atoms with Crippen molar-refractivity contribution in [3.05, 3.63) is 34.4 Å². The van der Waals surface area contributed by atoms with E-state index >= 15 is 0 Å². The number of hydrogen-bond acceptors (Lipinski definition) is 3. The maximum atomic E-state index is 11.8. The SMILES string of the molecule is COC(=O)CCC(=O)Cc1cc(C)c(C)cc1C. The van der Waals surface area contributed by atoms with Crippen LogP contribution in [0.5, 0.6) is 0 Å². The van der Waals surface area contributed by atoms with Crippen LogP contribution >= 0.6 is 0 Å². The van der Waals surface area contributed by atoms with E-state index in [4.69, 9.17) is 0 Å². The van der Waals surface area contributed by atoms with E-state index in [-0.39, 0.29) is 24.6 Å².